The summed E-state index contributed by atoms with van der Waals surface area (Å²) >= 11 is 0. The number of hydrogen-bond donors (Lipinski definition) is 0. The molecule has 0 spiro atoms. The van der Waals surface area contributed by atoms with Gasteiger partial charge in [0.05, 0.1) is 10.9 Å². The van der Waals surface area contributed by atoms with E-state index in [9.17, 15) is 0 Å². The van der Waals surface area contributed by atoms with Crippen molar-refractivity contribution in [2.75, 3.05) is 0 Å². The normalized spacial score (nSPS) is 10.3. The lowest BCUT2D eigenvalue weighted by Crippen LogP contribution is -1.99. The molecule has 0 aliphatic rings. The number of rotatable bonds is 3. The molecule has 17 heavy (non-hydrogen) atoms. The quantitative estimate of drug-likeness (QED) is 0.686. The second kappa shape index (κ2) is 5.74. The number of benzene rings is 2. The summed E-state index contributed by atoms with van der Waals surface area (Å²) in [6.45, 7) is 4.32. The molecule has 0 unspecified atom stereocenters. The molecule has 2 aromatic carbocycles. The first-order valence-electron chi connectivity index (χ1n) is 5.75. The molecular formula is C16H17S+. The van der Waals surface area contributed by atoms with Crippen LogP contribution in [-0.2, 0) is 10.9 Å². The van der Waals surface area contributed by atoms with Crippen molar-refractivity contribution in [2.24, 2.45) is 0 Å². The Kier molecular flexibility index (Phi) is 4.05. The first-order chi connectivity index (χ1) is 8.27. The molecule has 0 aliphatic heterocycles. The van der Waals surface area contributed by atoms with Gasteiger partial charge in [0.25, 0.3) is 0 Å². The van der Waals surface area contributed by atoms with Crippen molar-refractivity contribution in [1.82, 2.24) is 0 Å². The number of hydrogen-bond acceptors (Lipinski definition) is 0. The van der Waals surface area contributed by atoms with Gasteiger partial charge >= 0.3 is 0 Å². The molecule has 0 saturated heterocycles. The van der Waals surface area contributed by atoms with Gasteiger partial charge in [-0.2, -0.15) is 0 Å². The van der Waals surface area contributed by atoms with Crippen LogP contribution < -0.4 is 0 Å². The van der Waals surface area contributed by atoms with Crippen LogP contribution in [0.15, 0.2) is 81.4 Å². The van der Waals surface area contributed by atoms with Gasteiger partial charge in [-0.25, -0.2) is 0 Å². The van der Waals surface area contributed by atoms with Crippen molar-refractivity contribution < 1.29 is 0 Å². The molecule has 0 heterocycles. The topological polar surface area (TPSA) is 0 Å². The predicted octanol–water partition coefficient (Wildman–Crippen LogP) is 4.65. The molecule has 2 rings (SSSR count). The third kappa shape index (κ3) is 3.24. The molecule has 0 nitrogen and oxygen atoms in total. The van der Waals surface area contributed by atoms with Gasteiger partial charge in [0, 0.05) is 0 Å². The van der Waals surface area contributed by atoms with Gasteiger partial charge in [-0.05, 0) is 43.7 Å². The second-order valence-electron chi connectivity index (χ2n) is 4.16. The third-order valence-electron chi connectivity index (χ3n) is 2.35. The molecule has 0 atom stereocenters. The maximum atomic E-state index is 2.35. The minimum absolute atomic E-state index is 0.0566. The molecule has 0 aliphatic carbocycles. The zero-order chi connectivity index (χ0) is 12.1. The Morgan fingerprint density at radius 3 is 1.53 bits per heavy atom. The zero-order valence-electron chi connectivity index (χ0n) is 10.3. The minimum Gasteiger partial charge on any atom is -0.0619 e. The van der Waals surface area contributed by atoms with Crippen LogP contribution in [0.25, 0.3) is 0 Å². The summed E-state index contributed by atoms with van der Waals surface area (Å²) in [6, 6.07) is 21.4. The molecular weight excluding hydrogens is 224 g/mol. The van der Waals surface area contributed by atoms with Crippen LogP contribution in [0.2, 0.25) is 0 Å². The van der Waals surface area contributed by atoms with E-state index in [2.05, 4.69) is 79.9 Å². The molecule has 0 N–H and O–H groups in total. The third-order valence-corrected chi connectivity index (χ3v) is 4.62. The smallest absolute Gasteiger partial charge is 0.0619 e. The molecule has 0 amide bonds. The molecule has 0 bridgehead atoms. The van der Waals surface area contributed by atoms with Crippen LogP contribution in [0.5, 0.6) is 0 Å². The first-order valence-corrected chi connectivity index (χ1v) is 7.04. The summed E-state index contributed by atoms with van der Waals surface area (Å²) in [5, 5.41) is 2.35. The molecule has 0 aromatic heterocycles. The SMILES string of the molecule is CC(C)=C[S+](c1ccccc1)c1ccccc1. The average molecular weight is 241 g/mol. The average Bonchev–Trinajstić information content (AvgIpc) is 2.38. The van der Waals surface area contributed by atoms with Crippen LogP contribution in [-0.4, -0.2) is 0 Å². The van der Waals surface area contributed by atoms with Crippen LogP contribution in [0.4, 0.5) is 0 Å². The highest BCUT2D eigenvalue weighted by Crippen LogP contribution is 2.25. The summed E-state index contributed by atoms with van der Waals surface area (Å²) in [4.78, 5) is 2.75. The van der Waals surface area contributed by atoms with Gasteiger partial charge in [0.2, 0.25) is 0 Å². The lowest BCUT2D eigenvalue weighted by atomic mass is 10.4. The van der Waals surface area contributed by atoms with Crippen molar-refractivity contribution in [2.45, 2.75) is 23.6 Å². The number of allylic oxidation sites excluding steroid dienone is 1. The molecule has 0 radical (unpaired) electrons. The van der Waals surface area contributed by atoms with E-state index in [4.69, 9.17) is 0 Å². The highest BCUT2D eigenvalue weighted by molar-refractivity contribution is 7.99. The Balaban J connectivity index is 2.43. The van der Waals surface area contributed by atoms with Gasteiger partial charge in [-0.15, -0.1) is 0 Å². The largest absolute Gasteiger partial charge is 0.165 e. The molecule has 2 aromatic rings. The van der Waals surface area contributed by atoms with E-state index in [-0.39, 0.29) is 10.9 Å². The fourth-order valence-corrected chi connectivity index (χ4v) is 3.56. The lowest BCUT2D eigenvalue weighted by Gasteiger charge is -2.03. The van der Waals surface area contributed by atoms with E-state index in [1.807, 2.05) is 0 Å². The van der Waals surface area contributed by atoms with E-state index in [1.54, 1.807) is 0 Å². The van der Waals surface area contributed by atoms with Gasteiger partial charge in [0.1, 0.15) is 5.41 Å². The van der Waals surface area contributed by atoms with E-state index in [1.165, 1.54) is 15.4 Å². The van der Waals surface area contributed by atoms with E-state index < -0.39 is 0 Å². The Bertz CT molecular complexity index is 442. The lowest BCUT2D eigenvalue weighted by molar-refractivity contribution is 1.36. The van der Waals surface area contributed by atoms with Gasteiger partial charge in [-0.3, -0.25) is 0 Å². The van der Waals surface area contributed by atoms with Crippen molar-refractivity contribution in [3.63, 3.8) is 0 Å². The van der Waals surface area contributed by atoms with Crippen LogP contribution >= 0.6 is 0 Å². The van der Waals surface area contributed by atoms with Crippen molar-refractivity contribution in [1.29, 1.82) is 0 Å². The summed E-state index contributed by atoms with van der Waals surface area (Å²) in [5.74, 6) is 0. The molecule has 86 valence electrons. The summed E-state index contributed by atoms with van der Waals surface area (Å²) in [7, 11) is 0.0566. The molecule has 1 heteroatoms. The van der Waals surface area contributed by atoms with Gasteiger partial charge < -0.3 is 0 Å². The highest BCUT2D eigenvalue weighted by atomic mass is 32.2. The monoisotopic (exact) mass is 241 g/mol. The Morgan fingerprint density at radius 1 is 0.765 bits per heavy atom. The standard InChI is InChI=1S/C16H17S/c1-14(2)13-17(15-9-5-3-6-10-15)16-11-7-4-8-12-16/h3-13H,1-2H3/q+1. The van der Waals surface area contributed by atoms with Gasteiger partial charge in [0.15, 0.2) is 9.79 Å². The maximum Gasteiger partial charge on any atom is 0.165 e. The van der Waals surface area contributed by atoms with E-state index >= 15 is 0 Å². The van der Waals surface area contributed by atoms with E-state index in [0.717, 1.165) is 0 Å². The Hall–Kier alpha value is -1.47. The Morgan fingerprint density at radius 2 is 1.18 bits per heavy atom. The van der Waals surface area contributed by atoms with Crippen molar-refractivity contribution in [3.8, 4) is 0 Å². The van der Waals surface area contributed by atoms with Crippen LogP contribution in [0, 0.1) is 0 Å². The van der Waals surface area contributed by atoms with Crippen LogP contribution in [0.3, 0.4) is 0 Å². The molecule has 0 saturated carbocycles. The van der Waals surface area contributed by atoms with Crippen LogP contribution in [0.1, 0.15) is 13.8 Å². The first kappa shape index (κ1) is 12.0. The molecule has 0 fully saturated rings. The maximum absolute atomic E-state index is 2.35. The fraction of sp³-hybridized carbons (Fsp3) is 0.125. The predicted molar refractivity (Wildman–Crippen MR) is 76.2 cm³/mol. The Labute approximate surface area is 106 Å². The fourth-order valence-electron chi connectivity index (χ4n) is 1.64. The second-order valence-corrected chi connectivity index (χ2v) is 6.01. The minimum atomic E-state index is 0.0566. The van der Waals surface area contributed by atoms with Gasteiger partial charge in [-0.1, -0.05) is 36.4 Å². The summed E-state index contributed by atoms with van der Waals surface area (Å²) in [6.07, 6.45) is 0. The zero-order valence-corrected chi connectivity index (χ0v) is 11.1. The van der Waals surface area contributed by atoms with Crippen molar-refractivity contribution in [3.05, 3.63) is 71.6 Å². The van der Waals surface area contributed by atoms with E-state index in [0.29, 0.717) is 0 Å². The summed E-state index contributed by atoms with van der Waals surface area (Å²) in [5.41, 5.74) is 1.36. The highest BCUT2D eigenvalue weighted by Gasteiger charge is 2.22. The summed E-state index contributed by atoms with van der Waals surface area (Å²) < 4.78 is 0. The van der Waals surface area contributed by atoms with Crippen molar-refractivity contribution >= 4 is 10.9 Å².